The van der Waals surface area contributed by atoms with Crippen LogP contribution in [-0.4, -0.2) is 5.11 Å². The maximum atomic E-state index is 12.7. The van der Waals surface area contributed by atoms with Crippen molar-refractivity contribution in [2.75, 3.05) is 0 Å². The van der Waals surface area contributed by atoms with Gasteiger partial charge in [0.2, 0.25) is 0 Å². The molecule has 0 fully saturated rings. The van der Waals surface area contributed by atoms with E-state index in [0.29, 0.717) is 5.56 Å². The van der Waals surface area contributed by atoms with Crippen molar-refractivity contribution in [2.24, 2.45) is 5.73 Å². The van der Waals surface area contributed by atoms with Gasteiger partial charge in [0, 0.05) is 5.56 Å². The van der Waals surface area contributed by atoms with Crippen molar-refractivity contribution in [3.05, 3.63) is 42.2 Å². The Hall–Kier alpha value is -1.35. The number of halogens is 1. The van der Waals surface area contributed by atoms with Gasteiger partial charge in [-0.1, -0.05) is 18.2 Å². The van der Waals surface area contributed by atoms with E-state index in [4.69, 9.17) is 5.73 Å². The third-order valence-electron chi connectivity index (χ3n) is 1.63. The van der Waals surface area contributed by atoms with Crippen molar-refractivity contribution in [3.63, 3.8) is 0 Å². The number of para-hydroxylation sites is 1. The summed E-state index contributed by atoms with van der Waals surface area (Å²) in [6, 6.07) is 3.70. The van der Waals surface area contributed by atoms with Crippen LogP contribution in [0.5, 0.6) is 5.75 Å². The minimum absolute atomic E-state index is 0.352. The zero-order chi connectivity index (χ0) is 9.14. The van der Waals surface area contributed by atoms with E-state index in [9.17, 15) is 9.50 Å². The minimum Gasteiger partial charge on any atom is -0.505 e. The van der Waals surface area contributed by atoms with Gasteiger partial charge in [-0.3, -0.25) is 0 Å². The Morgan fingerprint density at radius 3 is 2.83 bits per heavy atom. The Morgan fingerprint density at radius 1 is 1.58 bits per heavy atom. The van der Waals surface area contributed by atoms with Crippen LogP contribution in [-0.2, 0) is 0 Å². The molecule has 0 amide bonds. The molecule has 0 saturated heterocycles. The van der Waals surface area contributed by atoms with E-state index >= 15 is 0 Å². The van der Waals surface area contributed by atoms with E-state index in [1.54, 1.807) is 6.07 Å². The molecular weight excluding hydrogens is 157 g/mol. The van der Waals surface area contributed by atoms with Gasteiger partial charge in [-0.15, -0.1) is 6.58 Å². The molecule has 0 aromatic heterocycles. The highest BCUT2D eigenvalue weighted by Gasteiger charge is 2.10. The van der Waals surface area contributed by atoms with Crippen molar-refractivity contribution < 1.29 is 9.50 Å². The summed E-state index contributed by atoms with van der Waals surface area (Å²) in [5.74, 6) is -1.06. The molecule has 1 aromatic rings. The summed E-state index contributed by atoms with van der Waals surface area (Å²) < 4.78 is 12.7. The van der Waals surface area contributed by atoms with Gasteiger partial charge in [0.25, 0.3) is 0 Å². The molecule has 0 aliphatic carbocycles. The van der Waals surface area contributed by atoms with Gasteiger partial charge in [-0.05, 0) is 6.07 Å². The molecule has 0 heterocycles. The van der Waals surface area contributed by atoms with E-state index in [2.05, 4.69) is 6.58 Å². The number of aromatic hydroxyl groups is 1. The first-order valence-electron chi connectivity index (χ1n) is 3.52. The van der Waals surface area contributed by atoms with Crippen LogP contribution >= 0.6 is 0 Å². The number of hydrogen-bond acceptors (Lipinski definition) is 2. The average Bonchev–Trinajstić information content (AvgIpc) is 2.08. The Kier molecular flexibility index (Phi) is 2.45. The van der Waals surface area contributed by atoms with Crippen LogP contribution in [0.4, 0.5) is 4.39 Å². The average molecular weight is 167 g/mol. The van der Waals surface area contributed by atoms with Gasteiger partial charge in [0.15, 0.2) is 11.6 Å². The molecule has 0 saturated carbocycles. The van der Waals surface area contributed by atoms with Crippen molar-refractivity contribution >= 4 is 0 Å². The molecule has 0 bridgehead atoms. The fourth-order valence-corrected chi connectivity index (χ4v) is 0.928. The van der Waals surface area contributed by atoms with E-state index in [1.807, 2.05) is 0 Å². The molecular formula is C9H10FNO. The smallest absolute Gasteiger partial charge is 0.165 e. The summed E-state index contributed by atoms with van der Waals surface area (Å²) in [6.45, 7) is 3.45. The van der Waals surface area contributed by atoms with E-state index in [0.717, 1.165) is 0 Å². The number of nitrogens with two attached hydrogens (primary N) is 1. The predicted octanol–water partition coefficient (Wildman–Crippen LogP) is 1.72. The lowest BCUT2D eigenvalue weighted by molar-refractivity contribution is 0.424. The van der Waals surface area contributed by atoms with Crippen LogP contribution in [0.2, 0.25) is 0 Å². The molecule has 0 spiro atoms. The van der Waals surface area contributed by atoms with Gasteiger partial charge < -0.3 is 10.8 Å². The highest BCUT2D eigenvalue weighted by molar-refractivity contribution is 5.37. The maximum absolute atomic E-state index is 12.7. The molecule has 1 rings (SSSR count). The monoisotopic (exact) mass is 167 g/mol. The Labute approximate surface area is 70.1 Å². The lowest BCUT2D eigenvalue weighted by Crippen LogP contribution is -2.06. The number of hydrogen-bond donors (Lipinski definition) is 2. The van der Waals surface area contributed by atoms with Crippen LogP contribution < -0.4 is 5.73 Å². The molecule has 64 valence electrons. The molecule has 1 aromatic carbocycles. The Balaban J connectivity index is 3.15. The van der Waals surface area contributed by atoms with E-state index in [1.165, 1.54) is 18.2 Å². The molecule has 0 unspecified atom stereocenters. The predicted molar refractivity (Wildman–Crippen MR) is 45.2 cm³/mol. The summed E-state index contributed by atoms with van der Waals surface area (Å²) in [5, 5.41) is 9.20. The molecule has 1 atom stereocenters. The van der Waals surface area contributed by atoms with Gasteiger partial charge >= 0.3 is 0 Å². The molecule has 12 heavy (non-hydrogen) atoms. The van der Waals surface area contributed by atoms with Gasteiger partial charge in [0.1, 0.15) is 0 Å². The quantitative estimate of drug-likeness (QED) is 0.659. The fourth-order valence-electron chi connectivity index (χ4n) is 0.928. The van der Waals surface area contributed by atoms with Crippen molar-refractivity contribution in [2.45, 2.75) is 6.04 Å². The lowest BCUT2D eigenvalue weighted by Gasteiger charge is -2.08. The molecule has 3 N–H and O–H groups in total. The first-order valence-corrected chi connectivity index (χ1v) is 3.52. The second-order valence-electron chi connectivity index (χ2n) is 2.44. The zero-order valence-electron chi connectivity index (χ0n) is 6.50. The topological polar surface area (TPSA) is 46.2 Å². The number of phenolic OH excluding ortho intramolecular Hbond substituents is 1. The summed E-state index contributed by atoms with van der Waals surface area (Å²) in [5.41, 5.74) is 5.87. The SMILES string of the molecule is C=C[C@@H](N)c1cccc(F)c1O. The lowest BCUT2D eigenvalue weighted by atomic mass is 10.1. The molecule has 3 heteroatoms. The first-order chi connectivity index (χ1) is 5.66. The third kappa shape index (κ3) is 1.46. The van der Waals surface area contributed by atoms with Crippen LogP contribution in [0.15, 0.2) is 30.9 Å². The van der Waals surface area contributed by atoms with Crippen molar-refractivity contribution in [3.8, 4) is 5.75 Å². The number of phenols is 1. The number of benzene rings is 1. The molecule has 0 aliphatic heterocycles. The minimum atomic E-state index is -0.662. The summed E-state index contributed by atoms with van der Waals surface area (Å²) in [4.78, 5) is 0. The van der Waals surface area contributed by atoms with Gasteiger partial charge in [0.05, 0.1) is 6.04 Å². The highest BCUT2D eigenvalue weighted by Crippen LogP contribution is 2.25. The standard InChI is InChI=1S/C9H10FNO/c1-2-8(11)6-4-3-5-7(10)9(6)12/h2-5,8,12H,1,11H2/t8-/m1/s1. The van der Waals surface area contributed by atoms with Crippen molar-refractivity contribution in [1.29, 1.82) is 0 Å². The van der Waals surface area contributed by atoms with E-state index < -0.39 is 17.6 Å². The Bertz CT molecular complexity index is 299. The molecule has 0 aliphatic rings. The van der Waals surface area contributed by atoms with Gasteiger partial charge in [-0.2, -0.15) is 0 Å². The van der Waals surface area contributed by atoms with Crippen LogP contribution in [0.1, 0.15) is 11.6 Å². The first kappa shape index (κ1) is 8.74. The zero-order valence-corrected chi connectivity index (χ0v) is 6.50. The fraction of sp³-hybridized carbons (Fsp3) is 0.111. The van der Waals surface area contributed by atoms with Crippen LogP contribution in [0, 0.1) is 5.82 Å². The van der Waals surface area contributed by atoms with Crippen LogP contribution in [0.3, 0.4) is 0 Å². The second-order valence-corrected chi connectivity index (χ2v) is 2.44. The Morgan fingerprint density at radius 2 is 2.25 bits per heavy atom. The normalized spacial score (nSPS) is 12.5. The third-order valence-corrected chi connectivity index (χ3v) is 1.63. The van der Waals surface area contributed by atoms with E-state index in [-0.39, 0.29) is 0 Å². The molecule has 2 nitrogen and oxygen atoms in total. The maximum Gasteiger partial charge on any atom is 0.165 e. The summed E-state index contributed by atoms with van der Waals surface area (Å²) in [6.07, 6.45) is 1.44. The molecule has 0 radical (unpaired) electrons. The largest absolute Gasteiger partial charge is 0.505 e. The summed E-state index contributed by atoms with van der Waals surface area (Å²) >= 11 is 0. The van der Waals surface area contributed by atoms with Gasteiger partial charge in [-0.25, -0.2) is 4.39 Å². The van der Waals surface area contributed by atoms with Crippen LogP contribution in [0.25, 0.3) is 0 Å². The summed E-state index contributed by atoms with van der Waals surface area (Å²) in [7, 11) is 0. The highest BCUT2D eigenvalue weighted by atomic mass is 19.1. The number of rotatable bonds is 2. The second kappa shape index (κ2) is 3.36. The van der Waals surface area contributed by atoms with Crippen molar-refractivity contribution in [1.82, 2.24) is 0 Å².